The first kappa shape index (κ1) is 22.0. The van der Waals surface area contributed by atoms with Crippen molar-refractivity contribution in [2.75, 3.05) is 10.6 Å². The van der Waals surface area contributed by atoms with Crippen LogP contribution in [0.4, 0.5) is 11.4 Å². The summed E-state index contributed by atoms with van der Waals surface area (Å²) >= 11 is 15.7. The first-order valence-corrected chi connectivity index (χ1v) is 12.1. The highest BCUT2D eigenvalue weighted by molar-refractivity contribution is 14.1. The van der Waals surface area contributed by atoms with E-state index in [9.17, 15) is 0 Å². The third-order valence-electron chi connectivity index (χ3n) is 4.60. The molecule has 0 spiro atoms. The number of halogens is 2. The number of rotatable bonds is 4. The minimum atomic E-state index is 0.245. The SMILES string of the molecule is S=C(Nc1ccc(I)cc1)N[C@H]1CCCC[C@H]1NC(=S)Nc1ccc(I)cc1. The van der Waals surface area contributed by atoms with E-state index in [1.165, 1.54) is 20.0 Å². The van der Waals surface area contributed by atoms with Gasteiger partial charge in [0.1, 0.15) is 0 Å². The largest absolute Gasteiger partial charge is 0.358 e. The lowest BCUT2D eigenvalue weighted by Gasteiger charge is -2.34. The van der Waals surface area contributed by atoms with Crippen LogP contribution in [0.3, 0.4) is 0 Å². The molecule has 0 unspecified atom stereocenters. The van der Waals surface area contributed by atoms with Crippen LogP contribution < -0.4 is 21.3 Å². The maximum Gasteiger partial charge on any atom is 0.171 e. The van der Waals surface area contributed by atoms with Crippen LogP contribution in [0.1, 0.15) is 25.7 Å². The Morgan fingerprint density at radius 3 is 1.39 bits per heavy atom. The van der Waals surface area contributed by atoms with Gasteiger partial charge in [0, 0.05) is 30.6 Å². The van der Waals surface area contributed by atoms with Crippen LogP contribution in [-0.2, 0) is 0 Å². The molecule has 0 amide bonds. The fraction of sp³-hybridized carbons (Fsp3) is 0.300. The van der Waals surface area contributed by atoms with E-state index in [1.807, 2.05) is 24.3 Å². The molecule has 2 aromatic rings. The average Bonchev–Trinajstić information content (AvgIpc) is 2.67. The van der Waals surface area contributed by atoms with Gasteiger partial charge in [-0.1, -0.05) is 12.8 Å². The molecule has 2 aromatic carbocycles. The zero-order valence-electron chi connectivity index (χ0n) is 15.2. The van der Waals surface area contributed by atoms with Crippen LogP contribution in [0.15, 0.2) is 48.5 Å². The Balaban J connectivity index is 1.54. The molecule has 0 aromatic heterocycles. The molecule has 1 fully saturated rings. The Morgan fingerprint density at radius 2 is 1.04 bits per heavy atom. The number of benzene rings is 2. The molecule has 2 atom stereocenters. The molecule has 0 bridgehead atoms. The van der Waals surface area contributed by atoms with Crippen LogP contribution in [0.25, 0.3) is 0 Å². The molecule has 8 heteroatoms. The summed E-state index contributed by atoms with van der Waals surface area (Å²) in [6, 6.07) is 16.9. The Bertz CT molecular complexity index is 742. The first-order valence-electron chi connectivity index (χ1n) is 9.16. The van der Waals surface area contributed by atoms with Crippen molar-refractivity contribution < 1.29 is 0 Å². The smallest absolute Gasteiger partial charge is 0.171 e. The lowest BCUT2D eigenvalue weighted by Crippen LogP contribution is -2.54. The molecular formula is C20H22I2N4S2. The molecule has 4 N–H and O–H groups in total. The van der Waals surface area contributed by atoms with E-state index in [2.05, 4.69) is 90.7 Å². The number of hydrogen-bond donors (Lipinski definition) is 4. The van der Waals surface area contributed by atoms with Crippen molar-refractivity contribution in [3.8, 4) is 0 Å². The van der Waals surface area contributed by atoms with Crippen LogP contribution in [-0.4, -0.2) is 22.3 Å². The van der Waals surface area contributed by atoms with Crippen molar-refractivity contribution in [2.45, 2.75) is 37.8 Å². The summed E-state index contributed by atoms with van der Waals surface area (Å²) < 4.78 is 2.40. The van der Waals surface area contributed by atoms with Crippen molar-refractivity contribution in [2.24, 2.45) is 0 Å². The van der Waals surface area contributed by atoms with Gasteiger partial charge < -0.3 is 21.3 Å². The van der Waals surface area contributed by atoms with Gasteiger partial charge >= 0.3 is 0 Å². The Hall–Kier alpha value is -0.720. The van der Waals surface area contributed by atoms with Gasteiger partial charge in [0.2, 0.25) is 0 Å². The second-order valence-corrected chi connectivity index (χ2v) is 10.0. The number of hydrogen-bond acceptors (Lipinski definition) is 2. The quantitative estimate of drug-likeness (QED) is 0.264. The minimum Gasteiger partial charge on any atom is -0.358 e. The monoisotopic (exact) mass is 636 g/mol. The molecule has 4 nitrogen and oxygen atoms in total. The van der Waals surface area contributed by atoms with E-state index < -0.39 is 0 Å². The molecule has 3 rings (SSSR count). The molecule has 1 saturated carbocycles. The van der Waals surface area contributed by atoms with E-state index in [-0.39, 0.29) is 12.1 Å². The molecule has 0 aliphatic heterocycles. The Morgan fingerprint density at radius 1 is 0.679 bits per heavy atom. The van der Waals surface area contributed by atoms with Crippen molar-refractivity contribution in [3.63, 3.8) is 0 Å². The highest BCUT2D eigenvalue weighted by Gasteiger charge is 2.26. The summed E-state index contributed by atoms with van der Waals surface area (Å²) in [7, 11) is 0. The fourth-order valence-corrected chi connectivity index (χ4v) is 4.47. The van der Waals surface area contributed by atoms with Gasteiger partial charge in [-0.2, -0.15) is 0 Å². The maximum atomic E-state index is 5.53. The van der Waals surface area contributed by atoms with Gasteiger partial charge in [-0.05, 0) is 131 Å². The van der Waals surface area contributed by atoms with Gasteiger partial charge in [0.25, 0.3) is 0 Å². The van der Waals surface area contributed by atoms with Crippen LogP contribution in [0.5, 0.6) is 0 Å². The zero-order chi connectivity index (χ0) is 19.9. The van der Waals surface area contributed by atoms with E-state index in [0.717, 1.165) is 24.2 Å². The van der Waals surface area contributed by atoms with E-state index in [0.29, 0.717) is 10.2 Å². The van der Waals surface area contributed by atoms with Crippen molar-refractivity contribution in [1.82, 2.24) is 10.6 Å². The van der Waals surface area contributed by atoms with Crippen molar-refractivity contribution >= 4 is 91.2 Å². The maximum absolute atomic E-state index is 5.53. The predicted octanol–water partition coefficient (Wildman–Crippen LogP) is 5.48. The van der Waals surface area contributed by atoms with E-state index in [1.54, 1.807) is 0 Å². The van der Waals surface area contributed by atoms with Crippen LogP contribution in [0, 0.1) is 7.14 Å². The highest BCUT2D eigenvalue weighted by Crippen LogP contribution is 2.20. The summed E-state index contributed by atoms with van der Waals surface area (Å²) in [5.41, 5.74) is 1.99. The highest BCUT2D eigenvalue weighted by atomic mass is 127. The predicted molar refractivity (Wildman–Crippen MR) is 143 cm³/mol. The lowest BCUT2D eigenvalue weighted by atomic mass is 9.90. The minimum absolute atomic E-state index is 0.245. The van der Waals surface area contributed by atoms with Gasteiger partial charge in [0.15, 0.2) is 10.2 Å². The van der Waals surface area contributed by atoms with Gasteiger partial charge in [-0.3, -0.25) is 0 Å². The van der Waals surface area contributed by atoms with Crippen LogP contribution >= 0.6 is 69.6 Å². The summed E-state index contributed by atoms with van der Waals surface area (Å²) in [4.78, 5) is 0. The fourth-order valence-electron chi connectivity index (χ4n) is 3.21. The van der Waals surface area contributed by atoms with Crippen molar-refractivity contribution in [1.29, 1.82) is 0 Å². The third-order valence-corrected chi connectivity index (χ3v) is 6.48. The standard InChI is InChI=1S/C20H22I2N4S2/c21-13-5-9-15(10-6-13)23-19(27)25-17-3-1-2-4-18(17)26-20(28)24-16-11-7-14(22)8-12-16/h5-12,17-18H,1-4H2,(H2,23,25,27)(H2,24,26,28)/t17-,18+. The van der Waals surface area contributed by atoms with Gasteiger partial charge in [0.05, 0.1) is 0 Å². The lowest BCUT2D eigenvalue weighted by molar-refractivity contribution is 0.340. The van der Waals surface area contributed by atoms with Gasteiger partial charge in [-0.25, -0.2) is 0 Å². The summed E-state index contributed by atoms with van der Waals surface area (Å²) in [6.07, 6.45) is 4.52. The summed E-state index contributed by atoms with van der Waals surface area (Å²) in [5, 5.41) is 14.8. The first-order chi connectivity index (χ1) is 13.5. The molecule has 0 radical (unpaired) electrons. The molecule has 1 aliphatic carbocycles. The topological polar surface area (TPSA) is 48.1 Å². The zero-order valence-corrected chi connectivity index (χ0v) is 21.1. The molecule has 28 heavy (non-hydrogen) atoms. The Kier molecular flexibility index (Phi) is 8.54. The van der Waals surface area contributed by atoms with Crippen LogP contribution in [0.2, 0.25) is 0 Å². The molecule has 148 valence electrons. The number of thiocarbonyl (C=S) groups is 2. The normalized spacial score (nSPS) is 18.8. The second kappa shape index (κ2) is 10.9. The van der Waals surface area contributed by atoms with Crippen molar-refractivity contribution in [3.05, 3.63) is 55.7 Å². The second-order valence-electron chi connectivity index (χ2n) is 6.71. The number of nitrogens with one attached hydrogen (secondary N) is 4. The molecule has 0 heterocycles. The van der Waals surface area contributed by atoms with Gasteiger partial charge in [-0.15, -0.1) is 0 Å². The number of anilines is 2. The summed E-state index contributed by atoms with van der Waals surface area (Å²) in [5.74, 6) is 0. The molecule has 0 saturated heterocycles. The third kappa shape index (κ3) is 6.96. The molecule has 1 aliphatic rings. The summed E-state index contributed by atoms with van der Waals surface area (Å²) in [6.45, 7) is 0. The van der Waals surface area contributed by atoms with E-state index >= 15 is 0 Å². The Labute approximate surface area is 204 Å². The average molecular weight is 636 g/mol. The molecular weight excluding hydrogens is 614 g/mol. The van der Waals surface area contributed by atoms with E-state index in [4.69, 9.17) is 24.4 Å².